The monoisotopic (exact) mass is 463 g/mol. The Morgan fingerprint density at radius 2 is 2.00 bits per heavy atom. The van der Waals surface area contributed by atoms with Crippen LogP contribution in [0.25, 0.3) is 10.2 Å². The topological polar surface area (TPSA) is 81.6 Å². The Morgan fingerprint density at radius 1 is 1.18 bits per heavy atom. The molecule has 1 aromatic carbocycles. The number of aliphatic hydroxyl groups is 1. The van der Waals surface area contributed by atoms with Gasteiger partial charge in [-0.2, -0.15) is 0 Å². The van der Waals surface area contributed by atoms with Crippen LogP contribution in [0.5, 0.6) is 0 Å². The summed E-state index contributed by atoms with van der Waals surface area (Å²) in [5.74, 6) is 0.817. The summed E-state index contributed by atoms with van der Waals surface area (Å²) in [6, 6.07) is 9.64. The number of hydrogen-bond acceptors (Lipinski definition) is 7. The lowest BCUT2D eigenvalue weighted by Crippen LogP contribution is -2.34. The largest absolute Gasteiger partial charge is 0.394 e. The van der Waals surface area contributed by atoms with Crippen molar-refractivity contribution < 1.29 is 9.90 Å². The molecule has 2 N–H and O–H groups in total. The number of nitrogens with one attached hydrogen (secondary N) is 1. The van der Waals surface area contributed by atoms with Crippen LogP contribution in [-0.4, -0.2) is 63.6 Å². The van der Waals surface area contributed by atoms with Crippen LogP contribution in [0.3, 0.4) is 0 Å². The summed E-state index contributed by atoms with van der Waals surface area (Å²) in [5.41, 5.74) is 2.22. The van der Waals surface area contributed by atoms with E-state index < -0.39 is 0 Å². The number of benzene rings is 1. The summed E-state index contributed by atoms with van der Waals surface area (Å²) in [6.07, 6.45) is 8.59. The third kappa shape index (κ3) is 4.78. The minimum absolute atomic E-state index is 0.0338. The maximum atomic E-state index is 12.8. The molecule has 172 valence electrons. The molecule has 1 saturated heterocycles. The van der Waals surface area contributed by atoms with Gasteiger partial charge in [0.25, 0.3) is 0 Å². The lowest BCUT2D eigenvalue weighted by atomic mass is 10.0. The predicted molar refractivity (Wildman–Crippen MR) is 131 cm³/mol. The highest BCUT2D eigenvalue weighted by Gasteiger charge is 2.26. The third-order valence-electron chi connectivity index (χ3n) is 6.47. The summed E-state index contributed by atoms with van der Waals surface area (Å²) in [5, 5.41) is 14.4. The summed E-state index contributed by atoms with van der Waals surface area (Å²) in [7, 11) is 0. The van der Waals surface area contributed by atoms with Crippen molar-refractivity contribution in [3.05, 3.63) is 64.8 Å². The van der Waals surface area contributed by atoms with Crippen molar-refractivity contribution >= 4 is 33.3 Å². The van der Waals surface area contributed by atoms with E-state index in [9.17, 15) is 9.90 Å². The highest BCUT2D eigenvalue weighted by molar-refractivity contribution is 7.19. The average Bonchev–Trinajstić information content (AvgIpc) is 3.50. The molecule has 2 aromatic heterocycles. The van der Waals surface area contributed by atoms with Gasteiger partial charge in [-0.1, -0.05) is 36.4 Å². The maximum absolute atomic E-state index is 12.8. The van der Waals surface area contributed by atoms with Crippen molar-refractivity contribution in [2.24, 2.45) is 0 Å². The number of anilines is 1. The van der Waals surface area contributed by atoms with E-state index in [2.05, 4.69) is 20.2 Å². The van der Waals surface area contributed by atoms with Crippen LogP contribution in [0.15, 0.2) is 48.8 Å². The van der Waals surface area contributed by atoms with Gasteiger partial charge in [-0.05, 0) is 43.5 Å². The fraction of sp³-hybridized carbons (Fsp3) is 0.400. The van der Waals surface area contributed by atoms with Crippen molar-refractivity contribution in [1.82, 2.24) is 19.8 Å². The second-order valence-corrected chi connectivity index (χ2v) is 9.70. The van der Waals surface area contributed by atoms with Gasteiger partial charge in [-0.25, -0.2) is 9.97 Å². The van der Waals surface area contributed by atoms with Gasteiger partial charge in [0, 0.05) is 24.0 Å². The number of rotatable bonds is 7. The molecule has 5 rings (SSSR count). The highest BCUT2D eigenvalue weighted by atomic mass is 32.1. The number of carbonyl (C=O) groups is 1. The molecule has 0 unspecified atom stereocenters. The highest BCUT2D eigenvalue weighted by Crippen LogP contribution is 2.38. The SMILES string of the molecule is O=C(C=CCN1CCCC1)N1CCc2c(sc3ncnc(N[C@H](CO)c4ccccc4)c23)C1. The van der Waals surface area contributed by atoms with E-state index in [0.717, 1.165) is 47.7 Å². The first-order valence-electron chi connectivity index (χ1n) is 11.6. The smallest absolute Gasteiger partial charge is 0.246 e. The lowest BCUT2D eigenvalue weighted by molar-refractivity contribution is -0.126. The van der Waals surface area contributed by atoms with Crippen LogP contribution in [0, 0.1) is 0 Å². The lowest BCUT2D eigenvalue weighted by Gasteiger charge is -2.26. The van der Waals surface area contributed by atoms with E-state index in [-0.39, 0.29) is 18.6 Å². The normalized spacial score (nSPS) is 17.5. The Kier molecular flexibility index (Phi) is 6.66. The van der Waals surface area contributed by atoms with E-state index in [0.29, 0.717) is 13.1 Å². The van der Waals surface area contributed by atoms with Crippen LogP contribution in [0.1, 0.15) is 34.9 Å². The maximum Gasteiger partial charge on any atom is 0.246 e. The number of carbonyl (C=O) groups excluding carboxylic acids is 1. The van der Waals surface area contributed by atoms with E-state index in [4.69, 9.17) is 0 Å². The fourth-order valence-corrected chi connectivity index (χ4v) is 5.89. The number of likely N-dealkylation sites (tertiary alicyclic amines) is 1. The average molecular weight is 464 g/mol. The molecule has 8 heteroatoms. The van der Waals surface area contributed by atoms with Gasteiger partial charge in [-0.3, -0.25) is 9.69 Å². The predicted octanol–water partition coefficient (Wildman–Crippen LogP) is 3.37. The first kappa shape index (κ1) is 22.0. The molecule has 1 atom stereocenters. The van der Waals surface area contributed by atoms with E-state index in [1.165, 1.54) is 23.3 Å². The van der Waals surface area contributed by atoms with Crippen molar-refractivity contribution in [3.8, 4) is 0 Å². The number of nitrogens with zero attached hydrogens (tertiary/aromatic N) is 4. The number of fused-ring (bicyclic) bond motifs is 3. The molecule has 0 saturated carbocycles. The zero-order chi connectivity index (χ0) is 22.6. The summed E-state index contributed by atoms with van der Waals surface area (Å²) in [4.78, 5) is 28.2. The Hall–Kier alpha value is -2.81. The van der Waals surface area contributed by atoms with Crippen LogP contribution < -0.4 is 5.32 Å². The molecule has 1 amide bonds. The molecule has 4 heterocycles. The molecule has 3 aromatic rings. The van der Waals surface area contributed by atoms with E-state index in [1.807, 2.05) is 41.3 Å². The molecule has 2 aliphatic heterocycles. The minimum atomic E-state index is -0.248. The van der Waals surface area contributed by atoms with Crippen molar-refractivity contribution in [2.75, 3.05) is 38.1 Å². The quantitative estimate of drug-likeness (QED) is 0.523. The van der Waals surface area contributed by atoms with Gasteiger partial charge < -0.3 is 15.3 Å². The molecule has 1 fully saturated rings. The van der Waals surface area contributed by atoms with Gasteiger partial charge in [0.05, 0.1) is 24.6 Å². The van der Waals surface area contributed by atoms with Gasteiger partial charge in [0.15, 0.2) is 0 Å². The first-order valence-corrected chi connectivity index (χ1v) is 12.4. The van der Waals surface area contributed by atoms with Gasteiger partial charge >= 0.3 is 0 Å². The van der Waals surface area contributed by atoms with Crippen molar-refractivity contribution in [1.29, 1.82) is 0 Å². The molecule has 7 nitrogen and oxygen atoms in total. The molecule has 33 heavy (non-hydrogen) atoms. The second-order valence-electron chi connectivity index (χ2n) is 8.62. The van der Waals surface area contributed by atoms with Gasteiger partial charge in [-0.15, -0.1) is 11.3 Å². The molecular weight excluding hydrogens is 434 g/mol. The molecule has 0 radical (unpaired) electrons. The molecule has 0 aliphatic carbocycles. The molecule has 2 aliphatic rings. The van der Waals surface area contributed by atoms with E-state index in [1.54, 1.807) is 23.7 Å². The molecular formula is C25H29N5O2S. The minimum Gasteiger partial charge on any atom is -0.394 e. The summed E-state index contributed by atoms with van der Waals surface area (Å²) < 4.78 is 0. The molecule has 0 spiro atoms. The van der Waals surface area contributed by atoms with E-state index >= 15 is 0 Å². The Labute approximate surface area is 197 Å². The van der Waals surface area contributed by atoms with Crippen LogP contribution in [0.2, 0.25) is 0 Å². The number of thiophene rings is 1. The van der Waals surface area contributed by atoms with Crippen molar-refractivity contribution in [3.63, 3.8) is 0 Å². The third-order valence-corrected chi connectivity index (χ3v) is 7.59. The van der Waals surface area contributed by atoms with Crippen molar-refractivity contribution in [2.45, 2.75) is 31.8 Å². The van der Waals surface area contributed by atoms with Gasteiger partial charge in [0.2, 0.25) is 5.91 Å². The van der Waals surface area contributed by atoms with Crippen LogP contribution in [-0.2, 0) is 17.8 Å². The van der Waals surface area contributed by atoms with Gasteiger partial charge in [0.1, 0.15) is 17.0 Å². The fourth-order valence-electron chi connectivity index (χ4n) is 4.68. The zero-order valence-corrected chi connectivity index (χ0v) is 19.4. The number of aliphatic hydroxyl groups excluding tert-OH is 1. The number of hydrogen-bond donors (Lipinski definition) is 2. The number of aromatic nitrogens is 2. The number of amides is 1. The zero-order valence-electron chi connectivity index (χ0n) is 18.6. The Morgan fingerprint density at radius 3 is 2.79 bits per heavy atom. The van der Waals surface area contributed by atoms with Crippen LogP contribution in [0.4, 0.5) is 5.82 Å². The standard InChI is InChI=1S/C25H29N5O2S/c31-16-20(18-7-2-1-3-8-18)28-24-23-19-10-14-30(15-21(19)33-25(23)27-17-26-24)22(32)9-6-13-29-11-4-5-12-29/h1-3,6-9,17,20,31H,4-5,10-16H2,(H,26,27,28)/t20-/m1/s1. The summed E-state index contributed by atoms with van der Waals surface area (Å²) >= 11 is 1.63. The Balaban J connectivity index is 1.33. The molecule has 0 bridgehead atoms. The second kappa shape index (κ2) is 9.99. The first-order chi connectivity index (χ1) is 16.2. The summed E-state index contributed by atoms with van der Waals surface area (Å²) in [6.45, 7) is 4.37. The van der Waals surface area contributed by atoms with Crippen LogP contribution >= 0.6 is 11.3 Å². The Bertz CT molecular complexity index is 1140.